The van der Waals surface area contributed by atoms with Gasteiger partial charge in [-0.05, 0) is 42.0 Å². The lowest BCUT2D eigenvalue weighted by Gasteiger charge is -2.08. The Kier molecular flexibility index (Phi) is 1.18. The highest BCUT2D eigenvalue weighted by Gasteiger charge is 2.39. The lowest BCUT2D eigenvalue weighted by molar-refractivity contribution is 0.741. The van der Waals surface area contributed by atoms with Crippen LogP contribution in [-0.2, 0) is 5.54 Å². The minimum atomic E-state index is -0.00847. The molecular weight excluding hydrogens is 160 g/mol. The smallest absolute Gasteiger partial charge is 0.0454 e. The van der Waals surface area contributed by atoms with Gasteiger partial charge < -0.3 is 10.7 Å². The normalized spacial score (nSPS) is 19.2. The zero-order valence-corrected chi connectivity index (χ0v) is 7.38. The molecule has 3 N–H and O–H groups in total. The van der Waals surface area contributed by atoms with Crippen molar-refractivity contribution in [2.45, 2.75) is 18.4 Å². The van der Waals surface area contributed by atoms with Gasteiger partial charge in [-0.3, -0.25) is 0 Å². The van der Waals surface area contributed by atoms with Crippen LogP contribution in [0.4, 0.5) is 0 Å². The molecule has 1 aromatic carbocycles. The molecule has 1 fully saturated rings. The number of nitrogens with two attached hydrogens (primary N) is 1. The maximum Gasteiger partial charge on any atom is 0.0454 e. The average molecular weight is 172 g/mol. The van der Waals surface area contributed by atoms with E-state index in [2.05, 4.69) is 29.2 Å². The fourth-order valence-electron chi connectivity index (χ4n) is 1.79. The molecule has 0 radical (unpaired) electrons. The molecule has 0 atom stereocenters. The Balaban J connectivity index is 2.20. The van der Waals surface area contributed by atoms with E-state index in [1.807, 2.05) is 6.20 Å². The van der Waals surface area contributed by atoms with Crippen molar-refractivity contribution in [3.8, 4) is 0 Å². The number of aromatic nitrogens is 1. The lowest BCUT2D eigenvalue weighted by atomic mass is 10.0. The molecule has 1 saturated carbocycles. The van der Waals surface area contributed by atoms with Gasteiger partial charge in [-0.1, -0.05) is 6.07 Å². The van der Waals surface area contributed by atoms with Crippen LogP contribution in [0, 0.1) is 0 Å². The first-order chi connectivity index (χ1) is 6.28. The van der Waals surface area contributed by atoms with Gasteiger partial charge in [0.05, 0.1) is 0 Å². The fourth-order valence-corrected chi connectivity index (χ4v) is 1.79. The van der Waals surface area contributed by atoms with Crippen molar-refractivity contribution in [1.29, 1.82) is 0 Å². The Morgan fingerprint density at radius 3 is 2.85 bits per heavy atom. The van der Waals surface area contributed by atoms with Gasteiger partial charge in [-0.15, -0.1) is 0 Å². The first-order valence-corrected chi connectivity index (χ1v) is 4.64. The quantitative estimate of drug-likeness (QED) is 0.679. The molecule has 2 nitrogen and oxygen atoms in total. The summed E-state index contributed by atoms with van der Waals surface area (Å²) in [5.41, 5.74) is 8.57. The van der Waals surface area contributed by atoms with E-state index in [1.165, 1.54) is 16.5 Å². The molecule has 0 aliphatic heterocycles. The Bertz CT molecular complexity index is 452. The number of nitrogens with one attached hydrogen (secondary N) is 1. The van der Waals surface area contributed by atoms with Crippen LogP contribution in [0.1, 0.15) is 18.4 Å². The van der Waals surface area contributed by atoms with Crippen LogP contribution in [0.25, 0.3) is 10.9 Å². The monoisotopic (exact) mass is 172 g/mol. The summed E-state index contributed by atoms with van der Waals surface area (Å²) in [5, 5.41) is 1.26. The van der Waals surface area contributed by atoms with Gasteiger partial charge in [0.25, 0.3) is 0 Å². The molecule has 0 amide bonds. The van der Waals surface area contributed by atoms with Crippen LogP contribution in [0.3, 0.4) is 0 Å². The van der Waals surface area contributed by atoms with Gasteiger partial charge >= 0.3 is 0 Å². The highest BCUT2D eigenvalue weighted by atomic mass is 14.8. The third-order valence-corrected chi connectivity index (χ3v) is 2.92. The van der Waals surface area contributed by atoms with E-state index in [0.29, 0.717) is 0 Å². The number of hydrogen-bond acceptors (Lipinski definition) is 1. The molecule has 0 saturated heterocycles. The van der Waals surface area contributed by atoms with Crippen molar-refractivity contribution in [3.05, 3.63) is 36.0 Å². The number of rotatable bonds is 1. The van der Waals surface area contributed by atoms with Crippen molar-refractivity contribution in [1.82, 2.24) is 4.98 Å². The first-order valence-electron chi connectivity index (χ1n) is 4.64. The second-order valence-electron chi connectivity index (χ2n) is 3.94. The van der Waals surface area contributed by atoms with Gasteiger partial charge in [0.2, 0.25) is 0 Å². The van der Waals surface area contributed by atoms with Gasteiger partial charge in [0.15, 0.2) is 0 Å². The van der Waals surface area contributed by atoms with E-state index >= 15 is 0 Å². The zero-order valence-electron chi connectivity index (χ0n) is 7.38. The van der Waals surface area contributed by atoms with E-state index in [-0.39, 0.29) is 5.54 Å². The summed E-state index contributed by atoms with van der Waals surface area (Å²) in [4.78, 5) is 3.18. The Hall–Kier alpha value is -1.28. The molecular formula is C11H12N2. The number of H-pyrrole nitrogens is 1. The molecule has 0 unspecified atom stereocenters. The molecule has 2 aromatic rings. The van der Waals surface area contributed by atoms with Crippen molar-refractivity contribution < 1.29 is 0 Å². The number of fused-ring (bicyclic) bond motifs is 1. The summed E-state index contributed by atoms with van der Waals surface area (Å²) in [7, 11) is 0. The maximum atomic E-state index is 6.12. The van der Waals surface area contributed by atoms with Crippen LogP contribution in [0.5, 0.6) is 0 Å². The molecule has 1 heterocycles. The van der Waals surface area contributed by atoms with E-state index in [9.17, 15) is 0 Å². The van der Waals surface area contributed by atoms with E-state index < -0.39 is 0 Å². The van der Waals surface area contributed by atoms with Crippen molar-refractivity contribution >= 4 is 10.9 Å². The largest absolute Gasteiger partial charge is 0.361 e. The Morgan fingerprint density at radius 1 is 1.23 bits per heavy atom. The predicted octanol–water partition coefficient (Wildman–Crippen LogP) is 2.12. The molecule has 0 bridgehead atoms. The van der Waals surface area contributed by atoms with Crippen LogP contribution in [0.2, 0.25) is 0 Å². The second-order valence-corrected chi connectivity index (χ2v) is 3.94. The Morgan fingerprint density at radius 2 is 2.08 bits per heavy atom. The second kappa shape index (κ2) is 2.15. The van der Waals surface area contributed by atoms with Crippen LogP contribution in [0.15, 0.2) is 30.5 Å². The third kappa shape index (κ3) is 0.988. The molecule has 1 aromatic heterocycles. The first kappa shape index (κ1) is 7.15. The minimum absolute atomic E-state index is 0.00847. The van der Waals surface area contributed by atoms with E-state index in [1.54, 1.807) is 0 Å². The summed E-state index contributed by atoms with van der Waals surface area (Å²) >= 11 is 0. The standard InChI is InChI=1S/C11H12N2/c12-11(4-5-11)9-1-2-10-8(7-9)3-6-13-10/h1-3,6-7,13H,4-5,12H2. The average Bonchev–Trinajstić information content (AvgIpc) is 2.74. The summed E-state index contributed by atoms with van der Waals surface area (Å²) in [5.74, 6) is 0. The summed E-state index contributed by atoms with van der Waals surface area (Å²) in [6, 6.07) is 8.52. The molecule has 1 aliphatic carbocycles. The fraction of sp³-hybridized carbons (Fsp3) is 0.273. The Labute approximate surface area is 76.8 Å². The number of benzene rings is 1. The van der Waals surface area contributed by atoms with Gasteiger partial charge in [0.1, 0.15) is 0 Å². The maximum absolute atomic E-state index is 6.12. The SMILES string of the molecule is NC1(c2ccc3[nH]ccc3c2)CC1. The van der Waals surface area contributed by atoms with Gasteiger partial charge in [-0.25, -0.2) is 0 Å². The molecule has 66 valence electrons. The predicted molar refractivity (Wildman–Crippen MR) is 53.4 cm³/mol. The lowest BCUT2D eigenvalue weighted by Crippen LogP contribution is -2.18. The van der Waals surface area contributed by atoms with E-state index in [0.717, 1.165) is 12.8 Å². The molecule has 13 heavy (non-hydrogen) atoms. The van der Waals surface area contributed by atoms with Crippen LogP contribution >= 0.6 is 0 Å². The molecule has 0 spiro atoms. The van der Waals surface area contributed by atoms with Crippen molar-refractivity contribution in [3.63, 3.8) is 0 Å². The molecule has 1 aliphatic rings. The summed E-state index contributed by atoms with van der Waals surface area (Å²) in [6.45, 7) is 0. The molecule has 3 rings (SSSR count). The number of hydrogen-bond donors (Lipinski definition) is 2. The van der Waals surface area contributed by atoms with Crippen molar-refractivity contribution in [2.75, 3.05) is 0 Å². The minimum Gasteiger partial charge on any atom is -0.361 e. The highest BCUT2D eigenvalue weighted by Crippen LogP contribution is 2.43. The molecule has 2 heteroatoms. The van der Waals surface area contributed by atoms with Crippen molar-refractivity contribution in [2.24, 2.45) is 5.73 Å². The summed E-state index contributed by atoms with van der Waals surface area (Å²) in [6.07, 6.45) is 4.22. The third-order valence-electron chi connectivity index (χ3n) is 2.92. The van der Waals surface area contributed by atoms with Gasteiger partial charge in [-0.2, -0.15) is 0 Å². The van der Waals surface area contributed by atoms with Crippen LogP contribution in [-0.4, -0.2) is 4.98 Å². The van der Waals surface area contributed by atoms with Gasteiger partial charge in [0, 0.05) is 17.3 Å². The van der Waals surface area contributed by atoms with E-state index in [4.69, 9.17) is 5.73 Å². The summed E-state index contributed by atoms with van der Waals surface area (Å²) < 4.78 is 0. The highest BCUT2D eigenvalue weighted by molar-refractivity contribution is 5.80. The topological polar surface area (TPSA) is 41.8 Å². The zero-order chi connectivity index (χ0) is 8.89. The number of aromatic amines is 1. The van der Waals surface area contributed by atoms with Crippen LogP contribution < -0.4 is 5.73 Å².